The molecule has 5 heteroatoms. The Bertz CT molecular complexity index is 625. The van der Waals surface area contributed by atoms with Crippen LogP contribution in [0.4, 0.5) is 0 Å². The van der Waals surface area contributed by atoms with E-state index in [-0.39, 0.29) is 10.6 Å². The lowest BCUT2D eigenvalue weighted by Gasteiger charge is -2.04. The Balaban J connectivity index is 2.29. The third-order valence-electron chi connectivity index (χ3n) is 2.28. The Hall–Kier alpha value is -2.12. The van der Waals surface area contributed by atoms with E-state index in [1.165, 1.54) is 16.9 Å². The first-order valence-corrected chi connectivity index (χ1v) is 5.29. The second-order valence-corrected chi connectivity index (χ2v) is 3.86. The molecule has 0 amide bonds. The van der Waals surface area contributed by atoms with Crippen molar-refractivity contribution in [3.8, 4) is 6.07 Å². The molecule has 84 valence electrons. The van der Waals surface area contributed by atoms with Gasteiger partial charge >= 0.3 is 0 Å². The predicted molar refractivity (Wildman–Crippen MR) is 63.8 cm³/mol. The van der Waals surface area contributed by atoms with E-state index in [2.05, 4.69) is 5.10 Å². The highest BCUT2D eigenvalue weighted by Gasteiger charge is 2.02. The van der Waals surface area contributed by atoms with Gasteiger partial charge in [0.1, 0.15) is 5.02 Å². The molecule has 4 nitrogen and oxygen atoms in total. The molecule has 0 aliphatic carbocycles. The van der Waals surface area contributed by atoms with E-state index >= 15 is 0 Å². The molecule has 0 aliphatic rings. The summed E-state index contributed by atoms with van der Waals surface area (Å²) in [5.41, 5.74) is 1.15. The molecule has 0 spiro atoms. The van der Waals surface area contributed by atoms with Gasteiger partial charge in [-0.05, 0) is 23.8 Å². The lowest BCUT2D eigenvalue weighted by molar-refractivity contribution is 0.639. The fraction of sp³-hybridized carbons (Fsp3) is 0.0833. The molecule has 0 bridgehead atoms. The van der Waals surface area contributed by atoms with Crippen LogP contribution >= 0.6 is 11.6 Å². The number of nitriles is 1. The maximum absolute atomic E-state index is 11.6. The van der Waals surface area contributed by atoms with Crippen molar-refractivity contribution >= 4 is 11.6 Å². The molecule has 1 heterocycles. The van der Waals surface area contributed by atoms with Gasteiger partial charge in [-0.15, -0.1) is 0 Å². The van der Waals surface area contributed by atoms with Crippen molar-refractivity contribution < 1.29 is 0 Å². The van der Waals surface area contributed by atoms with Gasteiger partial charge in [-0.25, -0.2) is 4.68 Å². The van der Waals surface area contributed by atoms with Crippen molar-refractivity contribution in [3.05, 3.63) is 63.0 Å². The number of nitrogens with zero attached hydrogens (tertiary/aromatic N) is 3. The van der Waals surface area contributed by atoms with E-state index in [0.717, 1.165) is 5.56 Å². The molecule has 1 aromatic heterocycles. The Morgan fingerprint density at radius 1 is 1.29 bits per heavy atom. The van der Waals surface area contributed by atoms with E-state index in [4.69, 9.17) is 16.9 Å². The minimum absolute atomic E-state index is 0.147. The van der Waals surface area contributed by atoms with Gasteiger partial charge in [-0.1, -0.05) is 23.7 Å². The Morgan fingerprint density at radius 3 is 2.65 bits per heavy atom. The molecule has 1 aromatic carbocycles. The summed E-state index contributed by atoms with van der Waals surface area (Å²) in [6, 6.07) is 10.5. The van der Waals surface area contributed by atoms with Crippen molar-refractivity contribution in [3.63, 3.8) is 0 Å². The SMILES string of the molecule is N#Cc1ccc(Cn2nccc(Cl)c2=O)cc1. The smallest absolute Gasteiger partial charge is 0.266 e. The first-order valence-electron chi connectivity index (χ1n) is 4.91. The number of rotatable bonds is 2. The fourth-order valence-electron chi connectivity index (χ4n) is 1.40. The van der Waals surface area contributed by atoms with E-state index in [1.54, 1.807) is 24.3 Å². The van der Waals surface area contributed by atoms with Crippen LogP contribution in [0.25, 0.3) is 0 Å². The zero-order valence-electron chi connectivity index (χ0n) is 8.80. The third-order valence-corrected chi connectivity index (χ3v) is 2.57. The highest BCUT2D eigenvalue weighted by Crippen LogP contribution is 2.05. The average molecular weight is 246 g/mol. The second-order valence-electron chi connectivity index (χ2n) is 3.45. The van der Waals surface area contributed by atoms with Crippen LogP contribution in [0, 0.1) is 11.3 Å². The zero-order chi connectivity index (χ0) is 12.3. The normalized spacial score (nSPS) is 9.88. The summed E-state index contributed by atoms with van der Waals surface area (Å²) < 4.78 is 1.28. The summed E-state index contributed by atoms with van der Waals surface area (Å²) in [5.74, 6) is 0. The number of aromatic nitrogens is 2. The van der Waals surface area contributed by atoms with Gasteiger partial charge in [0.2, 0.25) is 0 Å². The second kappa shape index (κ2) is 4.81. The molecule has 0 fully saturated rings. The van der Waals surface area contributed by atoms with Crippen molar-refractivity contribution in [2.24, 2.45) is 0 Å². The van der Waals surface area contributed by atoms with Crippen LogP contribution in [0.2, 0.25) is 5.02 Å². The summed E-state index contributed by atoms with van der Waals surface area (Å²) in [6.07, 6.45) is 1.48. The number of benzene rings is 1. The minimum atomic E-state index is -0.321. The molecule has 0 saturated heterocycles. The summed E-state index contributed by atoms with van der Waals surface area (Å²) >= 11 is 5.71. The molecule has 2 rings (SSSR count). The van der Waals surface area contributed by atoms with Gasteiger partial charge in [0.15, 0.2) is 0 Å². The fourth-order valence-corrected chi connectivity index (χ4v) is 1.55. The van der Waals surface area contributed by atoms with Crippen molar-refractivity contribution in [2.45, 2.75) is 6.54 Å². The molecular weight excluding hydrogens is 238 g/mol. The molecule has 2 aromatic rings. The largest absolute Gasteiger partial charge is 0.285 e. The molecule has 0 unspecified atom stereocenters. The molecule has 0 saturated carbocycles. The van der Waals surface area contributed by atoms with Gasteiger partial charge in [0.25, 0.3) is 5.56 Å². The van der Waals surface area contributed by atoms with Crippen LogP contribution in [0.5, 0.6) is 0 Å². The summed E-state index contributed by atoms with van der Waals surface area (Å²) in [7, 11) is 0. The number of hydrogen-bond acceptors (Lipinski definition) is 3. The number of halogens is 1. The van der Waals surface area contributed by atoms with Crippen molar-refractivity contribution in [1.29, 1.82) is 5.26 Å². The lowest BCUT2D eigenvalue weighted by Crippen LogP contribution is -2.23. The van der Waals surface area contributed by atoms with Crippen LogP contribution in [0.3, 0.4) is 0 Å². The Morgan fingerprint density at radius 2 is 2.00 bits per heavy atom. The van der Waals surface area contributed by atoms with Gasteiger partial charge in [0.05, 0.1) is 18.2 Å². The first kappa shape index (κ1) is 11.4. The van der Waals surface area contributed by atoms with E-state index in [1.807, 2.05) is 6.07 Å². The van der Waals surface area contributed by atoms with Crippen molar-refractivity contribution in [2.75, 3.05) is 0 Å². The van der Waals surface area contributed by atoms with Crippen LogP contribution in [0.15, 0.2) is 41.3 Å². The molecule has 0 aliphatic heterocycles. The zero-order valence-corrected chi connectivity index (χ0v) is 9.55. The quantitative estimate of drug-likeness (QED) is 0.811. The number of hydrogen-bond donors (Lipinski definition) is 0. The minimum Gasteiger partial charge on any atom is -0.266 e. The first-order chi connectivity index (χ1) is 8.20. The Labute approximate surface area is 103 Å². The maximum atomic E-state index is 11.6. The molecule has 0 radical (unpaired) electrons. The predicted octanol–water partition coefficient (Wildman–Crippen LogP) is 1.82. The molecule has 0 N–H and O–H groups in total. The standard InChI is InChI=1S/C12H8ClN3O/c13-11-5-6-15-16(12(11)17)8-10-3-1-9(7-14)2-4-10/h1-6H,8H2. The van der Waals surface area contributed by atoms with E-state index < -0.39 is 0 Å². The highest BCUT2D eigenvalue weighted by atomic mass is 35.5. The maximum Gasteiger partial charge on any atom is 0.285 e. The van der Waals surface area contributed by atoms with E-state index in [0.29, 0.717) is 12.1 Å². The summed E-state index contributed by atoms with van der Waals surface area (Å²) in [5, 5.41) is 12.7. The third kappa shape index (κ3) is 2.52. The topological polar surface area (TPSA) is 58.7 Å². The molecule has 0 atom stereocenters. The van der Waals surface area contributed by atoms with Crippen LogP contribution in [-0.2, 0) is 6.54 Å². The van der Waals surface area contributed by atoms with Gasteiger partial charge in [-0.3, -0.25) is 4.79 Å². The van der Waals surface area contributed by atoms with Gasteiger partial charge in [-0.2, -0.15) is 10.4 Å². The summed E-state index contributed by atoms with van der Waals surface area (Å²) in [4.78, 5) is 11.6. The van der Waals surface area contributed by atoms with Gasteiger partial charge in [0, 0.05) is 6.20 Å². The summed E-state index contributed by atoms with van der Waals surface area (Å²) in [6.45, 7) is 0.338. The van der Waals surface area contributed by atoms with Crippen LogP contribution in [-0.4, -0.2) is 9.78 Å². The van der Waals surface area contributed by atoms with E-state index in [9.17, 15) is 4.79 Å². The molecular formula is C12H8ClN3O. The average Bonchev–Trinajstić information content (AvgIpc) is 2.36. The van der Waals surface area contributed by atoms with Crippen LogP contribution in [0.1, 0.15) is 11.1 Å². The highest BCUT2D eigenvalue weighted by molar-refractivity contribution is 6.30. The Kier molecular flexibility index (Phi) is 3.22. The molecule has 17 heavy (non-hydrogen) atoms. The van der Waals surface area contributed by atoms with Crippen LogP contribution < -0.4 is 5.56 Å². The van der Waals surface area contributed by atoms with Crippen molar-refractivity contribution in [1.82, 2.24) is 9.78 Å². The lowest BCUT2D eigenvalue weighted by atomic mass is 10.1. The van der Waals surface area contributed by atoms with Gasteiger partial charge < -0.3 is 0 Å². The monoisotopic (exact) mass is 245 g/mol.